The normalized spacial score (nSPS) is 9.71. The van der Waals surface area contributed by atoms with Crippen molar-refractivity contribution in [2.24, 2.45) is 0 Å². The number of aromatic nitrogens is 2. The Morgan fingerprint density at radius 2 is 2.29 bits per heavy atom. The van der Waals surface area contributed by atoms with Crippen LogP contribution in [0, 0.1) is 14.9 Å². The third kappa shape index (κ3) is 1.77. The first-order valence-electron chi connectivity index (χ1n) is 4.00. The first kappa shape index (κ1) is 9.21. The van der Waals surface area contributed by atoms with Gasteiger partial charge in [-0.2, -0.15) is 10.4 Å². The van der Waals surface area contributed by atoms with Crippen molar-refractivity contribution in [3.63, 3.8) is 0 Å². The summed E-state index contributed by atoms with van der Waals surface area (Å²) in [5.41, 5.74) is 1.54. The Labute approximate surface area is 95.1 Å². The molecule has 1 aromatic heterocycles. The Morgan fingerprint density at radius 1 is 1.43 bits per heavy atom. The summed E-state index contributed by atoms with van der Waals surface area (Å²) in [6.45, 7) is 0. The molecule has 0 radical (unpaired) electrons. The molecule has 2 rings (SSSR count). The average Bonchev–Trinajstić information content (AvgIpc) is 2.66. The van der Waals surface area contributed by atoms with Crippen molar-refractivity contribution in [1.29, 1.82) is 5.26 Å². The molecule has 0 aliphatic carbocycles. The summed E-state index contributed by atoms with van der Waals surface area (Å²) in [5, 5.41) is 12.7. The lowest BCUT2D eigenvalue weighted by Gasteiger charge is -2.00. The van der Waals surface area contributed by atoms with Gasteiger partial charge in [0.15, 0.2) is 0 Å². The molecule has 3 nitrogen and oxygen atoms in total. The topological polar surface area (TPSA) is 41.6 Å². The molecule has 0 saturated carbocycles. The highest BCUT2D eigenvalue weighted by atomic mass is 127. The van der Waals surface area contributed by atoms with E-state index >= 15 is 0 Å². The van der Waals surface area contributed by atoms with Crippen LogP contribution >= 0.6 is 22.6 Å². The molecule has 2 aromatic rings. The molecule has 0 amide bonds. The molecule has 0 fully saturated rings. The molecule has 4 heteroatoms. The van der Waals surface area contributed by atoms with Gasteiger partial charge in [0.1, 0.15) is 6.07 Å². The van der Waals surface area contributed by atoms with Gasteiger partial charge in [0.2, 0.25) is 0 Å². The molecule has 0 spiro atoms. The fourth-order valence-corrected chi connectivity index (χ4v) is 1.67. The van der Waals surface area contributed by atoms with E-state index in [1.807, 2.05) is 30.3 Å². The number of hydrogen-bond acceptors (Lipinski definition) is 2. The molecule has 0 atom stereocenters. The lowest BCUT2D eigenvalue weighted by molar-refractivity contribution is 0.879. The highest BCUT2D eigenvalue weighted by molar-refractivity contribution is 14.1. The molecular formula is C10H6IN3. The molecule has 0 N–H and O–H groups in total. The number of rotatable bonds is 1. The first-order chi connectivity index (χ1) is 6.79. The minimum Gasteiger partial charge on any atom is -0.240 e. The third-order valence-electron chi connectivity index (χ3n) is 1.78. The van der Waals surface area contributed by atoms with Crippen molar-refractivity contribution in [1.82, 2.24) is 9.78 Å². The fourth-order valence-electron chi connectivity index (χ4n) is 1.14. The van der Waals surface area contributed by atoms with Crippen LogP contribution in [-0.2, 0) is 0 Å². The van der Waals surface area contributed by atoms with E-state index in [1.165, 1.54) is 0 Å². The van der Waals surface area contributed by atoms with Gasteiger partial charge >= 0.3 is 0 Å². The molecule has 68 valence electrons. The average molecular weight is 295 g/mol. The van der Waals surface area contributed by atoms with Crippen molar-refractivity contribution in [3.8, 4) is 11.8 Å². The minimum atomic E-state index is 0.573. The van der Waals surface area contributed by atoms with Gasteiger partial charge in [0.25, 0.3) is 0 Å². The van der Waals surface area contributed by atoms with Crippen LogP contribution in [0.15, 0.2) is 36.7 Å². The van der Waals surface area contributed by atoms with Crippen LogP contribution in [0.5, 0.6) is 0 Å². The van der Waals surface area contributed by atoms with E-state index < -0.39 is 0 Å². The van der Waals surface area contributed by atoms with Crippen LogP contribution in [0.3, 0.4) is 0 Å². The number of halogens is 1. The Balaban J connectivity index is 2.45. The van der Waals surface area contributed by atoms with Crippen molar-refractivity contribution < 1.29 is 0 Å². The van der Waals surface area contributed by atoms with Crippen LogP contribution < -0.4 is 0 Å². The molecule has 0 bridgehead atoms. The quantitative estimate of drug-likeness (QED) is 0.758. The maximum Gasteiger partial charge on any atom is 0.102 e. The molecule has 0 aliphatic rings. The van der Waals surface area contributed by atoms with Gasteiger partial charge in [-0.05, 0) is 40.8 Å². The number of nitrogens with zero attached hydrogens (tertiary/aromatic N) is 3. The molecular weight excluding hydrogens is 289 g/mol. The first-order valence-corrected chi connectivity index (χ1v) is 5.08. The maximum atomic E-state index is 8.65. The summed E-state index contributed by atoms with van der Waals surface area (Å²) >= 11 is 2.24. The highest BCUT2D eigenvalue weighted by Crippen LogP contribution is 2.12. The summed E-state index contributed by atoms with van der Waals surface area (Å²) in [6.07, 6.45) is 3.27. The van der Waals surface area contributed by atoms with E-state index in [0.717, 1.165) is 9.26 Å². The Kier molecular flexibility index (Phi) is 2.50. The van der Waals surface area contributed by atoms with Crippen molar-refractivity contribution in [2.75, 3.05) is 0 Å². The summed E-state index contributed by atoms with van der Waals surface area (Å²) < 4.78 is 2.84. The number of benzene rings is 1. The van der Waals surface area contributed by atoms with Crippen molar-refractivity contribution >= 4 is 22.6 Å². The zero-order valence-electron chi connectivity index (χ0n) is 7.18. The summed E-state index contributed by atoms with van der Waals surface area (Å²) in [7, 11) is 0. The van der Waals surface area contributed by atoms with Crippen LogP contribution in [0.2, 0.25) is 0 Å². The van der Waals surface area contributed by atoms with Crippen LogP contribution in [0.25, 0.3) is 5.69 Å². The van der Waals surface area contributed by atoms with E-state index in [2.05, 4.69) is 27.7 Å². The molecule has 0 saturated heterocycles. The predicted octanol–water partition coefficient (Wildman–Crippen LogP) is 2.35. The molecule has 1 heterocycles. The highest BCUT2D eigenvalue weighted by Gasteiger charge is 1.99. The van der Waals surface area contributed by atoms with E-state index in [0.29, 0.717) is 5.56 Å². The van der Waals surface area contributed by atoms with E-state index in [4.69, 9.17) is 5.26 Å². The Hall–Kier alpha value is -1.35. The minimum absolute atomic E-state index is 0.573. The second kappa shape index (κ2) is 3.80. The molecule has 0 unspecified atom stereocenters. The second-order valence-electron chi connectivity index (χ2n) is 2.77. The maximum absolute atomic E-state index is 8.65. The summed E-state index contributed by atoms with van der Waals surface area (Å²) in [5.74, 6) is 0. The van der Waals surface area contributed by atoms with Gasteiger partial charge in [-0.3, -0.25) is 0 Å². The fraction of sp³-hybridized carbons (Fsp3) is 0. The SMILES string of the molecule is N#Cc1cnn(-c2cccc(I)c2)c1. The van der Waals surface area contributed by atoms with Gasteiger partial charge in [-0.1, -0.05) is 6.07 Å². The van der Waals surface area contributed by atoms with Crippen molar-refractivity contribution in [2.45, 2.75) is 0 Å². The second-order valence-corrected chi connectivity index (χ2v) is 4.01. The zero-order valence-corrected chi connectivity index (χ0v) is 9.34. The molecule has 14 heavy (non-hydrogen) atoms. The summed E-state index contributed by atoms with van der Waals surface area (Å²) in [6, 6.07) is 9.99. The lowest BCUT2D eigenvalue weighted by atomic mass is 10.3. The van der Waals surface area contributed by atoms with Gasteiger partial charge in [-0.25, -0.2) is 4.68 Å². The van der Waals surface area contributed by atoms with E-state index in [9.17, 15) is 0 Å². The summed E-state index contributed by atoms with van der Waals surface area (Å²) in [4.78, 5) is 0. The lowest BCUT2D eigenvalue weighted by Crippen LogP contribution is -1.93. The smallest absolute Gasteiger partial charge is 0.102 e. The largest absolute Gasteiger partial charge is 0.240 e. The Morgan fingerprint density at radius 3 is 2.93 bits per heavy atom. The number of nitriles is 1. The van der Waals surface area contributed by atoms with E-state index in [1.54, 1.807) is 17.1 Å². The standard InChI is InChI=1S/C10H6IN3/c11-9-2-1-3-10(4-9)14-7-8(5-12)6-13-14/h1-4,6-7H. The van der Waals surface area contributed by atoms with Crippen LogP contribution in [0.1, 0.15) is 5.56 Å². The van der Waals surface area contributed by atoms with Crippen LogP contribution in [0.4, 0.5) is 0 Å². The molecule has 0 aliphatic heterocycles. The van der Waals surface area contributed by atoms with Gasteiger partial charge in [0, 0.05) is 9.77 Å². The zero-order chi connectivity index (χ0) is 9.97. The van der Waals surface area contributed by atoms with Gasteiger partial charge in [0.05, 0.1) is 17.4 Å². The van der Waals surface area contributed by atoms with Gasteiger partial charge < -0.3 is 0 Å². The van der Waals surface area contributed by atoms with Crippen LogP contribution in [-0.4, -0.2) is 9.78 Å². The number of hydrogen-bond donors (Lipinski definition) is 0. The van der Waals surface area contributed by atoms with E-state index in [-0.39, 0.29) is 0 Å². The third-order valence-corrected chi connectivity index (χ3v) is 2.46. The Bertz CT molecular complexity index is 496. The van der Waals surface area contributed by atoms with Crippen molar-refractivity contribution in [3.05, 3.63) is 45.8 Å². The van der Waals surface area contributed by atoms with Gasteiger partial charge in [-0.15, -0.1) is 0 Å². The predicted molar refractivity (Wildman–Crippen MR) is 61.0 cm³/mol. The monoisotopic (exact) mass is 295 g/mol. The molecule has 1 aromatic carbocycles.